The maximum absolute atomic E-state index is 13.0. The molecule has 4 atom stereocenters. The lowest BCUT2D eigenvalue weighted by molar-refractivity contribution is -0.168. The Labute approximate surface area is 183 Å². The molecule has 172 valence electrons. The predicted molar refractivity (Wildman–Crippen MR) is 111 cm³/mol. The quantitative estimate of drug-likeness (QED) is 0.488. The molecule has 4 rings (SSSR count). The first kappa shape index (κ1) is 22.1. The van der Waals surface area contributed by atoms with Crippen LogP contribution in [-0.4, -0.2) is 48.0 Å². The summed E-state index contributed by atoms with van der Waals surface area (Å²) in [5, 5.41) is 5.78. The third kappa shape index (κ3) is 2.31. The molecular weight excluding hydrogens is 400 g/mol. The monoisotopic (exact) mass is 434 g/mol. The summed E-state index contributed by atoms with van der Waals surface area (Å²) < 4.78 is 11.2. The summed E-state index contributed by atoms with van der Waals surface area (Å²) in [6, 6.07) is 0. The van der Waals surface area contributed by atoms with Gasteiger partial charge in [0.25, 0.3) is 11.8 Å². The zero-order chi connectivity index (χ0) is 23.1. The van der Waals surface area contributed by atoms with E-state index in [0.29, 0.717) is 45.2 Å². The van der Waals surface area contributed by atoms with Crippen LogP contribution in [0.5, 0.6) is 0 Å². The van der Waals surface area contributed by atoms with Crippen molar-refractivity contribution in [2.24, 2.45) is 21.7 Å². The average molecular weight is 435 g/mol. The third-order valence-corrected chi connectivity index (χ3v) is 9.83. The Morgan fingerprint density at radius 1 is 0.710 bits per heavy atom. The summed E-state index contributed by atoms with van der Waals surface area (Å²) in [5.74, 6) is -1.14. The molecule has 0 unspecified atom stereocenters. The molecule has 4 bridgehead atoms. The van der Waals surface area contributed by atoms with Crippen molar-refractivity contribution in [1.82, 2.24) is 10.6 Å². The first-order valence-electron chi connectivity index (χ1n) is 11.3. The number of nitrogens with one attached hydrogen (secondary N) is 2. The topological polar surface area (TPSA) is 111 Å². The van der Waals surface area contributed by atoms with Crippen molar-refractivity contribution in [2.75, 3.05) is 13.1 Å². The Bertz CT molecular complexity index is 811. The first-order valence-corrected chi connectivity index (χ1v) is 11.3. The van der Waals surface area contributed by atoms with Crippen molar-refractivity contribution >= 4 is 23.8 Å². The molecule has 2 heterocycles. The highest BCUT2D eigenvalue weighted by atomic mass is 16.6. The highest BCUT2D eigenvalue weighted by molar-refractivity contribution is 5.97. The molecule has 2 aliphatic heterocycles. The van der Waals surface area contributed by atoms with E-state index in [1.807, 2.05) is 41.5 Å². The Balaban J connectivity index is 1.30. The summed E-state index contributed by atoms with van der Waals surface area (Å²) in [6.07, 6.45) is 2.83. The van der Waals surface area contributed by atoms with E-state index in [-0.39, 0.29) is 23.8 Å². The van der Waals surface area contributed by atoms with Crippen LogP contribution >= 0.6 is 0 Å². The molecule has 4 fully saturated rings. The molecule has 2 amide bonds. The van der Waals surface area contributed by atoms with Crippen LogP contribution < -0.4 is 10.6 Å². The van der Waals surface area contributed by atoms with Crippen molar-refractivity contribution < 1.29 is 28.7 Å². The van der Waals surface area contributed by atoms with Crippen molar-refractivity contribution in [3.63, 3.8) is 0 Å². The molecule has 0 aromatic rings. The van der Waals surface area contributed by atoms with Crippen LogP contribution in [0.1, 0.15) is 73.6 Å². The van der Waals surface area contributed by atoms with Gasteiger partial charge in [-0.1, -0.05) is 27.7 Å². The summed E-state index contributed by atoms with van der Waals surface area (Å²) in [5.41, 5.74) is -4.70. The molecule has 31 heavy (non-hydrogen) atoms. The molecule has 8 nitrogen and oxygen atoms in total. The number of fused-ring (bicyclic) bond motifs is 4. The van der Waals surface area contributed by atoms with Gasteiger partial charge >= 0.3 is 11.9 Å². The molecule has 0 spiro atoms. The van der Waals surface area contributed by atoms with Crippen LogP contribution in [0.4, 0.5) is 0 Å². The highest BCUT2D eigenvalue weighted by Gasteiger charge is 2.76. The lowest BCUT2D eigenvalue weighted by Gasteiger charge is -2.35. The van der Waals surface area contributed by atoms with E-state index in [9.17, 15) is 19.2 Å². The summed E-state index contributed by atoms with van der Waals surface area (Å²) in [6.45, 7) is 12.1. The lowest BCUT2D eigenvalue weighted by atomic mass is 9.66. The van der Waals surface area contributed by atoms with Gasteiger partial charge in [0.05, 0.1) is 10.8 Å². The van der Waals surface area contributed by atoms with Crippen LogP contribution in [0.2, 0.25) is 0 Å². The molecule has 8 heteroatoms. The van der Waals surface area contributed by atoms with Gasteiger partial charge in [-0.2, -0.15) is 0 Å². The second-order valence-corrected chi connectivity index (χ2v) is 11.2. The number of hydrogen-bond donors (Lipinski definition) is 2. The Morgan fingerprint density at radius 2 is 1.06 bits per heavy atom. The van der Waals surface area contributed by atoms with Gasteiger partial charge in [0, 0.05) is 23.9 Å². The minimum atomic E-state index is -1.13. The zero-order valence-corrected chi connectivity index (χ0v) is 19.4. The van der Waals surface area contributed by atoms with E-state index >= 15 is 0 Å². The van der Waals surface area contributed by atoms with Gasteiger partial charge < -0.3 is 20.1 Å². The van der Waals surface area contributed by atoms with E-state index < -0.39 is 32.9 Å². The largest absolute Gasteiger partial charge is 0.448 e. The SMILES string of the molecule is CC1(C)[C@@]2(C)CC[C@@]1(C(=O)NCCCNC(=O)[C@@]13CC[C@](C)(C(=O)O1)C3(C)C)OC2=O. The van der Waals surface area contributed by atoms with Crippen molar-refractivity contribution in [3.8, 4) is 0 Å². The molecule has 0 aromatic heterocycles. The number of ether oxygens (including phenoxy) is 2. The Hall–Kier alpha value is -2.12. The minimum absolute atomic E-state index is 0.269. The summed E-state index contributed by atoms with van der Waals surface area (Å²) >= 11 is 0. The number of esters is 2. The zero-order valence-electron chi connectivity index (χ0n) is 19.4. The predicted octanol–water partition coefficient (Wildman–Crippen LogP) is 1.85. The van der Waals surface area contributed by atoms with Crippen molar-refractivity contribution in [3.05, 3.63) is 0 Å². The number of carbonyl (C=O) groups is 4. The second kappa shape index (κ2) is 6.23. The number of rotatable bonds is 6. The lowest BCUT2D eigenvalue weighted by Crippen LogP contribution is -2.54. The number of hydrogen-bond acceptors (Lipinski definition) is 6. The normalized spacial score (nSPS) is 41.1. The maximum atomic E-state index is 13.0. The van der Waals surface area contributed by atoms with E-state index in [0.717, 1.165) is 0 Å². The van der Waals surface area contributed by atoms with E-state index in [4.69, 9.17) is 9.47 Å². The van der Waals surface area contributed by atoms with Gasteiger partial charge in [-0.3, -0.25) is 19.2 Å². The molecular formula is C23H34N2O6. The minimum Gasteiger partial charge on any atom is -0.448 e. The van der Waals surface area contributed by atoms with Gasteiger partial charge in [0.1, 0.15) is 0 Å². The van der Waals surface area contributed by atoms with Gasteiger partial charge in [-0.05, 0) is 46.0 Å². The van der Waals surface area contributed by atoms with Crippen LogP contribution in [0.15, 0.2) is 0 Å². The average Bonchev–Trinajstić information content (AvgIpc) is 3.15. The van der Waals surface area contributed by atoms with Crippen LogP contribution in [-0.2, 0) is 28.7 Å². The molecule has 2 aliphatic carbocycles. The molecule has 2 saturated carbocycles. The van der Waals surface area contributed by atoms with Crippen LogP contribution in [0.3, 0.4) is 0 Å². The molecule has 0 radical (unpaired) electrons. The second-order valence-electron chi connectivity index (χ2n) is 11.2. The summed E-state index contributed by atoms with van der Waals surface area (Å²) in [7, 11) is 0. The Kier molecular flexibility index (Phi) is 4.44. The van der Waals surface area contributed by atoms with Gasteiger partial charge in [-0.25, -0.2) is 0 Å². The van der Waals surface area contributed by atoms with Crippen molar-refractivity contribution in [1.29, 1.82) is 0 Å². The van der Waals surface area contributed by atoms with Crippen LogP contribution in [0, 0.1) is 21.7 Å². The first-order chi connectivity index (χ1) is 14.2. The fraction of sp³-hybridized carbons (Fsp3) is 0.826. The maximum Gasteiger partial charge on any atom is 0.313 e. The number of amides is 2. The molecule has 4 aliphatic rings. The van der Waals surface area contributed by atoms with Gasteiger partial charge in [0.2, 0.25) is 0 Å². The standard InChI is InChI=1S/C23H34N2O6/c1-18(2)20(5)8-10-22(18,30-16(20)28)14(26)24-12-7-13-25-15(27)23-11-9-21(6,17(29)31-23)19(23,3)4/h7-13H2,1-6H3,(H,24,26)(H,25,27)/t20-,21+,22-,23+. The van der Waals surface area contributed by atoms with E-state index in [2.05, 4.69) is 10.6 Å². The molecule has 2 N–H and O–H groups in total. The van der Waals surface area contributed by atoms with E-state index in [1.165, 1.54) is 0 Å². The Morgan fingerprint density at radius 3 is 1.32 bits per heavy atom. The smallest absolute Gasteiger partial charge is 0.313 e. The summed E-state index contributed by atoms with van der Waals surface area (Å²) in [4.78, 5) is 50.6. The van der Waals surface area contributed by atoms with Crippen LogP contribution in [0.25, 0.3) is 0 Å². The molecule has 2 saturated heterocycles. The number of carbonyl (C=O) groups excluding carboxylic acids is 4. The van der Waals surface area contributed by atoms with Crippen molar-refractivity contribution in [2.45, 2.75) is 84.8 Å². The fourth-order valence-electron chi connectivity index (χ4n) is 6.27. The highest BCUT2D eigenvalue weighted by Crippen LogP contribution is 2.66. The fourth-order valence-corrected chi connectivity index (χ4v) is 6.27. The van der Waals surface area contributed by atoms with Gasteiger partial charge in [0.15, 0.2) is 11.2 Å². The van der Waals surface area contributed by atoms with Gasteiger partial charge in [-0.15, -0.1) is 0 Å². The van der Waals surface area contributed by atoms with E-state index in [1.54, 1.807) is 0 Å². The third-order valence-electron chi connectivity index (χ3n) is 9.83. The molecule has 0 aromatic carbocycles.